The molecule has 0 radical (unpaired) electrons. The maximum atomic E-state index is 13.2. The zero-order chi connectivity index (χ0) is 23.9. The highest BCUT2D eigenvalue weighted by Gasteiger charge is 2.48. The van der Waals surface area contributed by atoms with E-state index in [1.165, 1.54) is 0 Å². The van der Waals surface area contributed by atoms with E-state index in [0.717, 1.165) is 28.5 Å². The van der Waals surface area contributed by atoms with Crippen molar-refractivity contribution in [3.8, 4) is 5.75 Å². The van der Waals surface area contributed by atoms with E-state index >= 15 is 0 Å². The molecule has 1 aliphatic rings. The first-order valence-corrected chi connectivity index (χ1v) is 11.4. The summed E-state index contributed by atoms with van der Waals surface area (Å²) in [6.45, 7) is 0. The third-order valence-corrected chi connectivity index (χ3v) is 6.57. The first-order valence-electron chi connectivity index (χ1n) is 10.7. The molecule has 4 aromatic rings. The zero-order valence-corrected chi connectivity index (χ0v) is 19.8. The fraction of sp³-hybridized carbons (Fsp3) is 0.192. The molecule has 0 bridgehead atoms. The average Bonchev–Trinajstić information content (AvgIpc) is 3.41. The molecule has 172 valence electrons. The van der Waals surface area contributed by atoms with Crippen LogP contribution in [0.15, 0.2) is 72.3 Å². The summed E-state index contributed by atoms with van der Waals surface area (Å²) in [6.07, 6.45) is 0.324. The molecule has 2 heterocycles. The topological polar surface area (TPSA) is 84.8 Å². The number of aliphatic hydroxyl groups is 1. The molecule has 1 aromatic heterocycles. The normalized spacial score (nSPS) is 17.8. The SMILES string of the molecule is COc1ccc(C2(O)OC(=O)C(c3ccc4nsnc4c3)=C2Cc2ccc(N(C)C)cc2)cc1. The molecule has 5 rings (SSSR count). The minimum Gasteiger partial charge on any atom is -0.497 e. The van der Waals surface area contributed by atoms with Crippen LogP contribution in [0.5, 0.6) is 5.75 Å². The average molecular weight is 474 g/mol. The smallest absolute Gasteiger partial charge is 0.342 e. The molecule has 0 spiro atoms. The molecule has 1 atom stereocenters. The van der Waals surface area contributed by atoms with Crippen molar-refractivity contribution in [1.82, 2.24) is 8.75 Å². The summed E-state index contributed by atoms with van der Waals surface area (Å²) in [5.74, 6) is -1.85. The molecule has 7 nitrogen and oxygen atoms in total. The standard InChI is InChI=1S/C26H23N3O4S/c1-29(2)19-9-4-16(5-10-19)14-21-24(17-6-13-22-23(15-17)28-34-27-22)25(30)33-26(21,31)18-7-11-20(32-3)12-8-18/h4-13,15,31H,14H2,1-3H3. The number of hydrogen-bond acceptors (Lipinski definition) is 8. The van der Waals surface area contributed by atoms with Gasteiger partial charge in [-0.3, -0.25) is 0 Å². The molecule has 0 aliphatic carbocycles. The van der Waals surface area contributed by atoms with Gasteiger partial charge in [0.15, 0.2) is 0 Å². The van der Waals surface area contributed by atoms with Gasteiger partial charge in [-0.2, -0.15) is 8.75 Å². The predicted octanol–water partition coefficient (Wildman–Crippen LogP) is 4.16. The van der Waals surface area contributed by atoms with Gasteiger partial charge in [-0.15, -0.1) is 0 Å². The van der Waals surface area contributed by atoms with Crippen LogP contribution < -0.4 is 9.64 Å². The third-order valence-electron chi connectivity index (χ3n) is 6.01. The predicted molar refractivity (Wildman–Crippen MR) is 132 cm³/mol. The highest BCUT2D eigenvalue weighted by Crippen LogP contribution is 2.45. The number of fused-ring (bicyclic) bond motifs is 1. The van der Waals surface area contributed by atoms with Crippen molar-refractivity contribution in [2.75, 3.05) is 26.1 Å². The van der Waals surface area contributed by atoms with Gasteiger partial charge in [0.2, 0.25) is 0 Å². The first-order chi connectivity index (χ1) is 16.4. The van der Waals surface area contributed by atoms with Gasteiger partial charge in [0.25, 0.3) is 5.79 Å². The number of cyclic esters (lactones) is 1. The van der Waals surface area contributed by atoms with Crippen LogP contribution in [0.2, 0.25) is 0 Å². The molecule has 8 heteroatoms. The van der Waals surface area contributed by atoms with E-state index in [4.69, 9.17) is 9.47 Å². The van der Waals surface area contributed by atoms with Crippen molar-refractivity contribution in [2.45, 2.75) is 12.2 Å². The molecular weight excluding hydrogens is 450 g/mol. The monoisotopic (exact) mass is 473 g/mol. The molecular formula is C26H23N3O4S. The van der Waals surface area contributed by atoms with E-state index in [-0.39, 0.29) is 0 Å². The van der Waals surface area contributed by atoms with E-state index in [1.807, 2.05) is 61.5 Å². The number of hydrogen-bond donors (Lipinski definition) is 1. The Morgan fingerprint density at radius 3 is 2.38 bits per heavy atom. The lowest BCUT2D eigenvalue weighted by Crippen LogP contribution is -2.29. The third kappa shape index (κ3) is 3.81. The van der Waals surface area contributed by atoms with Crippen molar-refractivity contribution >= 4 is 40.0 Å². The Kier molecular flexibility index (Phi) is 5.55. The Morgan fingerprint density at radius 1 is 1.00 bits per heavy atom. The van der Waals surface area contributed by atoms with Crippen LogP contribution in [0.1, 0.15) is 16.7 Å². The fourth-order valence-corrected chi connectivity index (χ4v) is 4.66. The van der Waals surface area contributed by atoms with Crippen molar-refractivity contribution in [1.29, 1.82) is 0 Å². The Balaban J connectivity index is 1.65. The van der Waals surface area contributed by atoms with Gasteiger partial charge in [0.05, 0.1) is 24.4 Å². The Morgan fingerprint density at radius 2 is 1.71 bits per heavy atom. The van der Waals surface area contributed by atoms with E-state index in [0.29, 0.717) is 40.0 Å². The van der Waals surface area contributed by atoms with Gasteiger partial charge in [-0.1, -0.05) is 18.2 Å². The summed E-state index contributed by atoms with van der Waals surface area (Å²) in [7, 11) is 5.53. The lowest BCUT2D eigenvalue weighted by atomic mass is 9.88. The van der Waals surface area contributed by atoms with Crippen LogP contribution in [0.4, 0.5) is 5.69 Å². The first kappa shape index (κ1) is 22.1. The van der Waals surface area contributed by atoms with Crippen LogP contribution in [-0.4, -0.2) is 41.0 Å². The number of methoxy groups -OCH3 is 1. The molecule has 3 aromatic carbocycles. The molecule has 1 aliphatic heterocycles. The number of anilines is 1. The summed E-state index contributed by atoms with van der Waals surface area (Å²) in [5, 5.41) is 11.8. The lowest BCUT2D eigenvalue weighted by Gasteiger charge is -2.26. The molecule has 1 unspecified atom stereocenters. The molecule has 1 N–H and O–H groups in total. The van der Waals surface area contributed by atoms with Crippen LogP contribution in [0.25, 0.3) is 16.6 Å². The van der Waals surface area contributed by atoms with Crippen LogP contribution in [-0.2, 0) is 21.7 Å². The maximum absolute atomic E-state index is 13.2. The number of rotatable bonds is 6. The van der Waals surface area contributed by atoms with Crippen molar-refractivity contribution in [2.24, 2.45) is 0 Å². The number of benzene rings is 3. The number of nitrogens with zero attached hydrogens (tertiary/aromatic N) is 3. The minimum absolute atomic E-state index is 0.324. The summed E-state index contributed by atoms with van der Waals surface area (Å²) in [5.41, 5.74) is 5.35. The minimum atomic E-state index is -1.91. The summed E-state index contributed by atoms with van der Waals surface area (Å²) in [4.78, 5) is 15.2. The van der Waals surface area contributed by atoms with Crippen LogP contribution in [0, 0.1) is 0 Å². The van der Waals surface area contributed by atoms with E-state index in [2.05, 4.69) is 8.75 Å². The van der Waals surface area contributed by atoms with Crippen LogP contribution in [0.3, 0.4) is 0 Å². The second-order valence-corrected chi connectivity index (χ2v) is 8.85. The quantitative estimate of drug-likeness (QED) is 0.421. The van der Waals surface area contributed by atoms with Gasteiger partial charge < -0.3 is 19.5 Å². The number of esters is 1. The molecule has 0 fully saturated rings. The highest BCUT2D eigenvalue weighted by atomic mass is 32.1. The summed E-state index contributed by atoms with van der Waals surface area (Å²) in [6, 6.07) is 20.3. The number of carbonyl (C=O) groups excluding carboxylic acids is 1. The Hall–Kier alpha value is -3.75. The highest BCUT2D eigenvalue weighted by molar-refractivity contribution is 7.00. The van der Waals surface area contributed by atoms with Crippen molar-refractivity contribution in [3.63, 3.8) is 0 Å². The Bertz CT molecular complexity index is 1390. The van der Waals surface area contributed by atoms with Gasteiger partial charge >= 0.3 is 5.97 Å². The largest absolute Gasteiger partial charge is 0.497 e. The maximum Gasteiger partial charge on any atom is 0.342 e. The molecule has 34 heavy (non-hydrogen) atoms. The van der Waals surface area contributed by atoms with Gasteiger partial charge in [0.1, 0.15) is 16.8 Å². The second kappa shape index (κ2) is 8.55. The fourth-order valence-electron chi connectivity index (χ4n) is 4.14. The summed E-state index contributed by atoms with van der Waals surface area (Å²) < 4.78 is 19.5. The van der Waals surface area contributed by atoms with Gasteiger partial charge in [-0.05, 0) is 59.7 Å². The zero-order valence-electron chi connectivity index (χ0n) is 19.0. The van der Waals surface area contributed by atoms with E-state index in [1.54, 1.807) is 31.4 Å². The van der Waals surface area contributed by atoms with Gasteiger partial charge in [0, 0.05) is 37.3 Å². The summed E-state index contributed by atoms with van der Waals surface area (Å²) >= 11 is 1.11. The lowest BCUT2D eigenvalue weighted by molar-refractivity contribution is -0.185. The van der Waals surface area contributed by atoms with Crippen molar-refractivity contribution < 1.29 is 19.4 Å². The molecule has 0 saturated carbocycles. The number of carbonyl (C=O) groups is 1. The Labute approximate surface area is 201 Å². The number of ether oxygens (including phenoxy) is 2. The van der Waals surface area contributed by atoms with Crippen molar-refractivity contribution in [3.05, 3.63) is 89.0 Å². The molecule has 0 saturated heterocycles. The second-order valence-electron chi connectivity index (χ2n) is 8.32. The van der Waals surface area contributed by atoms with E-state index in [9.17, 15) is 9.90 Å². The number of aromatic nitrogens is 2. The van der Waals surface area contributed by atoms with E-state index < -0.39 is 11.8 Å². The van der Waals surface area contributed by atoms with Gasteiger partial charge in [-0.25, -0.2) is 4.79 Å². The van der Waals surface area contributed by atoms with Crippen LogP contribution >= 0.6 is 11.7 Å². The molecule has 0 amide bonds.